The summed E-state index contributed by atoms with van der Waals surface area (Å²) in [6.45, 7) is 3.29. The quantitative estimate of drug-likeness (QED) is 0.0573. The first-order valence-corrected chi connectivity index (χ1v) is 24.9. The Labute approximate surface area is 405 Å². The summed E-state index contributed by atoms with van der Waals surface area (Å²) in [4.78, 5) is 45.2. The third-order valence-corrected chi connectivity index (χ3v) is 16.3. The molecule has 4 aromatic rings. The van der Waals surface area contributed by atoms with Crippen molar-refractivity contribution in [1.29, 1.82) is 0 Å². The summed E-state index contributed by atoms with van der Waals surface area (Å²) in [5, 5.41) is 84.9. The van der Waals surface area contributed by atoms with E-state index in [4.69, 9.17) is 18.9 Å². The molecular formula is C53H65N4O13+. The van der Waals surface area contributed by atoms with Crippen LogP contribution in [0.1, 0.15) is 81.6 Å². The fourth-order valence-corrected chi connectivity index (χ4v) is 12.5. The van der Waals surface area contributed by atoms with Crippen LogP contribution in [0, 0.1) is 24.7 Å². The van der Waals surface area contributed by atoms with E-state index >= 15 is 0 Å². The third-order valence-electron chi connectivity index (χ3n) is 16.3. The standard InChI is InChI=1S/C53H64N4O13/c1-3-41-37-14-15-54-40(37)25-57(41)47-49-31(17-39-43(61)16-28(2)68-50(39)47)18-45(53(69-49)22-29(32-19-46(63)56-23-32)8-10-33(53)24-55-34-6-4-5-7-34)70-67-27-52(66,51(65)48(64)44(62)26-58)21-30-9-13-42(60)36-12-11-35(59)20-38(30)36/h9,11-17,20,25,29,32-34,41,44-45,48,51,55,58-60,62,64-66H,3-8,10,18-19,21-24,26-27H2,1-2H3,(H,56,63)/p+1. The van der Waals surface area contributed by atoms with Crippen LogP contribution in [-0.4, -0.2) is 122 Å². The molecular weight excluding hydrogens is 901 g/mol. The van der Waals surface area contributed by atoms with Gasteiger partial charge in [0.25, 0.3) is 0 Å². The van der Waals surface area contributed by atoms with Gasteiger partial charge in [0, 0.05) is 79.5 Å². The lowest BCUT2D eigenvalue weighted by molar-refractivity contribution is -0.793. The van der Waals surface area contributed by atoms with Gasteiger partial charge in [-0.15, -0.1) is 0 Å². The zero-order chi connectivity index (χ0) is 49.1. The molecule has 3 fully saturated rings. The van der Waals surface area contributed by atoms with Crippen molar-refractivity contribution >= 4 is 39.6 Å². The van der Waals surface area contributed by atoms with Crippen LogP contribution in [-0.2, 0) is 27.4 Å². The van der Waals surface area contributed by atoms with Crippen molar-refractivity contribution in [3.63, 3.8) is 0 Å². The van der Waals surface area contributed by atoms with Crippen molar-refractivity contribution in [1.82, 2.24) is 10.6 Å². The highest BCUT2D eigenvalue weighted by Gasteiger charge is 2.58. The molecule has 11 unspecified atom stereocenters. The number of phenols is 2. The predicted molar refractivity (Wildman–Crippen MR) is 258 cm³/mol. The van der Waals surface area contributed by atoms with Gasteiger partial charge in [-0.3, -0.25) is 19.5 Å². The lowest BCUT2D eigenvalue weighted by atomic mass is 9.63. The van der Waals surface area contributed by atoms with Crippen LogP contribution in [0.5, 0.6) is 17.2 Å². The van der Waals surface area contributed by atoms with Gasteiger partial charge in [0.1, 0.15) is 77.4 Å². The second kappa shape index (κ2) is 19.4. The molecule has 4 aliphatic heterocycles. The van der Waals surface area contributed by atoms with Crippen LogP contribution < -0.4 is 25.7 Å². The molecule has 0 bridgehead atoms. The number of amides is 1. The van der Waals surface area contributed by atoms with E-state index in [2.05, 4.69) is 28.7 Å². The average Bonchev–Trinajstić information content (AvgIpc) is 4.18. The lowest BCUT2D eigenvalue weighted by Crippen LogP contribution is -3.05. The minimum atomic E-state index is -2.42. The number of hydrogen-bond donors (Lipinski definition) is 10. The highest BCUT2D eigenvalue weighted by atomic mass is 17.2. The van der Waals surface area contributed by atoms with Crippen LogP contribution in [0.25, 0.3) is 21.7 Å². The van der Waals surface area contributed by atoms with E-state index in [0.717, 1.165) is 61.1 Å². The molecule has 1 spiro atoms. The molecule has 5 heterocycles. The molecule has 0 radical (unpaired) electrons. The number of nitrogens with zero attached hydrogens (tertiary/aromatic N) is 1. The molecule has 11 atom stereocenters. The summed E-state index contributed by atoms with van der Waals surface area (Å²) in [5.74, 6) is 0.683. The number of nitrogens with one attached hydrogen (secondary N) is 3. The SMILES string of the molecule is CCC1C2=CC=NC2=C[NH+]1c1c2c(cc3c(=O)cc(C)oc13)CC(OOCC(O)(Cc1ccc(O)c3ccc(O)cc13)C(O)C(O)C(O)CO)C1(CC(C3CNC(=O)C3)CCC1CNC1CCCC1)O2. The number of carbonyl (C=O) groups excluding carboxylic acids is 1. The van der Waals surface area contributed by atoms with E-state index in [9.17, 15) is 45.3 Å². The van der Waals surface area contributed by atoms with E-state index in [1.54, 1.807) is 19.2 Å². The number of quaternary nitrogens is 1. The van der Waals surface area contributed by atoms with Crippen molar-refractivity contribution in [3.8, 4) is 17.2 Å². The van der Waals surface area contributed by atoms with Crippen molar-refractivity contribution in [2.75, 3.05) is 26.3 Å². The van der Waals surface area contributed by atoms with Gasteiger partial charge in [0.05, 0.1) is 12.0 Å². The zero-order valence-corrected chi connectivity index (χ0v) is 39.6. The van der Waals surface area contributed by atoms with E-state index in [1.165, 1.54) is 36.4 Å². The van der Waals surface area contributed by atoms with Gasteiger partial charge in [0.15, 0.2) is 11.2 Å². The van der Waals surface area contributed by atoms with E-state index < -0.39 is 55.3 Å². The lowest BCUT2D eigenvalue weighted by Gasteiger charge is -2.53. The Morgan fingerprint density at radius 2 is 1.81 bits per heavy atom. The van der Waals surface area contributed by atoms with Gasteiger partial charge >= 0.3 is 0 Å². The molecule has 10 rings (SSSR count). The molecule has 17 nitrogen and oxygen atoms in total. The molecule has 10 N–H and O–H groups in total. The number of allylic oxidation sites excluding steroid dienone is 1. The number of benzene rings is 3. The number of phenolic OH excluding ortho intramolecular Hbond substituents is 2. The number of ether oxygens (including phenoxy) is 1. The molecule has 3 aromatic carbocycles. The van der Waals surface area contributed by atoms with E-state index in [-0.39, 0.29) is 53.1 Å². The Balaban J connectivity index is 1.08. The maximum absolute atomic E-state index is 14.0. The maximum atomic E-state index is 14.0. The summed E-state index contributed by atoms with van der Waals surface area (Å²) >= 11 is 0. The number of aryl methyl sites for hydroxylation is 1. The molecule has 1 aromatic heterocycles. The van der Waals surface area contributed by atoms with Crippen LogP contribution in [0.3, 0.4) is 0 Å². The number of aliphatic imine (C=N–C) groups is 1. The minimum Gasteiger partial charge on any atom is -0.508 e. The molecule has 1 amide bonds. The molecule has 1 saturated heterocycles. The zero-order valence-electron chi connectivity index (χ0n) is 39.6. The van der Waals surface area contributed by atoms with Crippen molar-refractivity contribution < 1.29 is 64.4 Å². The molecule has 2 saturated carbocycles. The highest BCUT2D eigenvalue weighted by molar-refractivity contribution is 5.92. The fraction of sp³-hybridized carbons (Fsp3) is 0.528. The summed E-state index contributed by atoms with van der Waals surface area (Å²) in [7, 11) is 0. The molecule has 17 heteroatoms. The fourth-order valence-electron chi connectivity index (χ4n) is 12.5. The molecule has 6 aliphatic rings. The van der Waals surface area contributed by atoms with Crippen molar-refractivity contribution in [2.45, 2.75) is 132 Å². The number of carbonyl (C=O) groups is 1. The van der Waals surface area contributed by atoms with Crippen LogP contribution in [0.4, 0.5) is 5.69 Å². The Morgan fingerprint density at radius 3 is 2.57 bits per heavy atom. The Morgan fingerprint density at radius 1 is 1.00 bits per heavy atom. The van der Waals surface area contributed by atoms with Gasteiger partial charge in [-0.25, -0.2) is 9.78 Å². The van der Waals surface area contributed by atoms with E-state index in [1.807, 2.05) is 6.08 Å². The highest BCUT2D eigenvalue weighted by Crippen LogP contribution is 2.53. The van der Waals surface area contributed by atoms with Crippen molar-refractivity contribution in [2.24, 2.45) is 22.7 Å². The monoisotopic (exact) mass is 965 g/mol. The van der Waals surface area contributed by atoms with Gasteiger partial charge in [0.2, 0.25) is 17.2 Å². The smallest absolute Gasteiger partial charge is 0.222 e. The molecule has 374 valence electrons. The first-order valence-electron chi connectivity index (χ1n) is 24.9. The summed E-state index contributed by atoms with van der Waals surface area (Å²) < 4.78 is 14.3. The van der Waals surface area contributed by atoms with Crippen LogP contribution in [0.2, 0.25) is 0 Å². The van der Waals surface area contributed by atoms with Gasteiger partial charge in [-0.2, -0.15) is 0 Å². The number of rotatable bonds is 16. The number of hydrogen-bond acceptors (Lipinski definition) is 15. The number of aliphatic hydroxyl groups excluding tert-OH is 4. The van der Waals surface area contributed by atoms with Crippen LogP contribution in [0.15, 0.2) is 80.2 Å². The first-order chi connectivity index (χ1) is 33.7. The minimum absolute atomic E-state index is 0.00368. The number of aliphatic hydroxyl groups is 5. The van der Waals surface area contributed by atoms with Gasteiger partial charge in [-0.1, -0.05) is 25.8 Å². The Hall–Kier alpha value is -5.21. The average molecular weight is 966 g/mol. The van der Waals surface area contributed by atoms with E-state index in [0.29, 0.717) is 82.0 Å². The Bertz CT molecular complexity index is 2800. The predicted octanol–water partition coefficient (Wildman–Crippen LogP) is 2.95. The normalized spacial score (nSPS) is 28.6. The maximum Gasteiger partial charge on any atom is 0.222 e. The Kier molecular flexibility index (Phi) is 13.4. The topological polar surface area (TPSA) is 257 Å². The summed E-state index contributed by atoms with van der Waals surface area (Å²) in [6.07, 6.45) is 6.24. The summed E-state index contributed by atoms with van der Waals surface area (Å²) in [5.41, 5.74) is 0.261. The van der Waals surface area contributed by atoms with Gasteiger partial charge in [-0.05, 0) is 98.2 Å². The first kappa shape index (κ1) is 48.4. The largest absolute Gasteiger partial charge is 0.508 e. The van der Waals surface area contributed by atoms with Crippen LogP contribution >= 0.6 is 0 Å². The molecule has 70 heavy (non-hydrogen) atoms. The van der Waals surface area contributed by atoms with Crippen molar-refractivity contribution in [3.05, 3.63) is 93.1 Å². The second-order valence-corrected chi connectivity index (χ2v) is 20.6. The number of fused-ring (bicyclic) bond motifs is 4. The molecule has 2 aliphatic carbocycles. The summed E-state index contributed by atoms with van der Waals surface area (Å²) in [6, 6.07) is 10.8. The second-order valence-electron chi connectivity index (χ2n) is 20.6. The third kappa shape index (κ3) is 8.83. The van der Waals surface area contributed by atoms with Gasteiger partial charge < -0.3 is 55.5 Å². The number of aromatic hydroxyl groups is 2.